The third-order valence-corrected chi connectivity index (χ3v) is 4.97. The molecule has 0 spiro atoms. The molecule has 4 rings (SSSR count). The number of carbonyl (C=O) groups is 1. The molecule has 1 heterocycles. The summed E-state index contributed by atoms with van der Waals surface area (Å²) >= 11 is 6.02. The summed E-state index contributed by atoms with van der Waals surface area (Å²) in [5.41, 5.74) is 3.86. The van der Waals surface area contributed by atoms with Gasteiger partial charge in [-0.3, -0.25) is 0 Å². The SMILES string of the molecule is CCOc1cc(/C=C2\N=C(c3cccc(Cl)c3)OC2=O)ccc1OCc1cccc(C)c1. The van der Waals surface area contributed by atoms with E-state index in [-0.39, 0.29) is 11.6 Å². The van der Waals surface area contributed by atoms with Crippen molar-refractivity contribution in [2.75, 3.05) is 6.61 Å². The molecule has 32 heavy (non-hydrogen) atoms. The van der Waals surface area contributed by atoms with Gasteiger partial charge in [-0.25, -0.2) is 9.79 Å². The van der Waals surface area contributed by atoms with Crippen LogP contribution in [0, 0.1) is 6.92 Å². The maximum absolute atomic E-state index is 12.3. The fourth-order valence-corrected chi connectivity index (χ4v) is 3.47. The Balaban J connectivity index is 1.56. The predicted octanol–water partition coefficient (Wildman–Crippen LogP) is 5.97. The molecule has 0 radical (unpaired) electrons. The highest BCUT2D eigenvalue weighted by Crippen LogP contribution is 2.31. The smallest absolute Gasteiger partial charge is 0.363 e. The third-order valence-electron chi connectivity index (χ3n) is 4.74. The number of cyclic esters (lactones) is 1. The Morgan fingerprint density at radius 1 is 1.00 bits per heavy atom. The van der Waals surface area contributed by atoms with Gasteiger partial charge in [0.1, 0.15) is 6.61 Å². The molecule has 3 aromatic rings. The minimum atomic E-state index is -0.516. The zero-order valence-electron chi connectivity index (χ0n) is 17.8. The Kier molecular flexibility index (Phi) is 6.57. The Hall–Kier alpha value is -3.57. The number of benzene rings is 3. The third kappa shape index (κ3) is 5.18. The number of nitrogens with zero attached hydrogens (tertiary/aromatic N) is 1. The van der Waals surface area contributed by atoms with Crippen molar-refractivity contribution in [2.45, 2.75) is 20.5 Å². The molecular formula is C26H22ClNO4. The van der Waals surface area contributed by atoms with E-state index in [1.165, 1.54) is 5.56 Å². The number of hydrogen-bond acceptors (Lipinski definition) is 5. The summed E-state index contributed by atoms with van der Waals surface area (Å²) in [6.45, 7) is 4.87. The van der Waals surface area contributed by atoms with Crippen molar-refractivity contribution in [1.29, 1.82) is 0 Å². The van der Waals surface area contributed by atoms with Crippen LogP contribution in [0.2, 0.25) is 5.02 Å². The molecule has 0 amide bonds. The minimum absolute atomic E-state index is 0.204. The predicted molar refractivity (Wildman–Crippen MR) is 125 cm³/mol. The van der Waals surface area contributed by atoms with Crippen LogP contribution in [0.5, 0.6) is 11.5 Å². The van der Waals surface area contributed by atoms with Crippen molar-refractivity contribution in [1.82, 2.24) is 0 Å². The number of rotatable bonds is 7. The summed E-state index contributed by atoms with van der Waals surface area (Å²) in [6.07, 6.45) is 1.66. The average molecular weight is 448 g/mol. The molecule has 0 bridgehead atoms. The summed E-state index contributed by atoms with van der Waals surface area (Å²) in [4.78, 5) is 16.7. The van der Waals surface area contributed by atoms with Gasteiger partial charge in [-0.1, -0.05) is 53.6 Å². The summed E-state index contributed by atoms with van der Waals surface area (Å²) in [6, 6.07) is 20.7. The Labute approximate surface area is 191 Å². The van der Waals surface area contributed by atoms with E-state index < -0.39 is 5.97 Å². The summed E-state index contributed by atoms with van der Waals surface area (Å²) in [7, 11) is 0. The lowest BCUT2D eigenvalue weighted by Crippen LogP contribution is -2.05. The van der Waals surface area contributed by atoms with Gasteiger partial charge in [0.2, 0.25) is 5.90 Å². The normalized spacial score (nSPS) is 14.3. The maximum atomic E-state index is 12.3. The number of aliphatic imine (C=N–C) groups is 1. The van der Waals surface area contributed by atoms with Crippen LogP contribution in [0.25, 0.3) is 6.08 Å². The number of ether oxygens (including phenoxy) is 3. The van der Waals surface area contributed by atoms with E-state index in [0.717, 1.165) is 11.1 Å². The van der Waals surface area contributed by atoms with E-state index in [2.05, 4.69) is 11.1 Å². The molecule has 162 valence electrons. The second-order valence-corrected chi connectivity index (χ2v) is 7.70. The zero-order valence-corrected chi connectivity index (χ0v) is 18.6. The van der Waals surface area contributed by atoms with Crippen LogP contribution in [-0.2, 0) is 16.1 Å². The van der Waals surface area contributed by atoms with Crippen LogP contribution < -0.4 is 9.47 Å². The molecule has 5 nitrogen and oxygen atoms in total. The van der Waals surface area contributed by atoms with E-state index in [4.69, 9.17) is 25.8 Å². The van der Waals surface area contributed by atoms with Crippen LogP contribution in [0.1, 0.15) is 29.2 Å². The highest BCUT2D eigenvalue weighted by Gasteiger charge is 2.24. The van der Waals surface area contributed by atoms with Crippen LogP contribution in [0.15, 0.2) is 77.4 Å². The number of carbonyl (C=O) groups excluding carboxylic acids is 1. The van der Waals surface area contributed by atoms with Crippen molar-refractivity contribution < 1.29 is 19.0 Å². The fraction of sp³-hybridized carbons (Fsp3) is 0.154. The first-order valence-corrected chi connectivity index (χ1v) is 10.6. The maximum Gasteiger partial charge on any atom is 0.363 e. The van der Waals surface area contributed by atoms with E-state index in [9.17, 15) is 4.79 Å². The van der Waals surface area contributed by atoms with Gasteiger partial charge in [-0.05, 0) is 61.4 Å². The molecular weight excluding hydrogens is 426 g/mol. The molecule has 0 atom stereocenters. The molecule has 3 aromatic carbocycles. The quantitative estimate of drug-likeness (QED) is 0.330. The minimum Gasteiger partial charge on any atom is -0.490 e. The topological polar surface area (TPSA) is 57.1 Å². The van der Waals surface area contributed by atoms with Gasteiger partial charge >= 0.3 is 5.97 Å². The highest BCUT2D eigenvalue weighted by atomic mass is 35.5. The van der Waals surface area contributed by atoms with Gasteiger partial charge < -0.3 is 14.2 Å². The first-order valence-electron chi connectivity index (χ1n) is 10.3. The van der Waals surface area contributed by atoms with Crippen LogP contribution in [0.3, 0.4) is 0 Å². The van der Waals surface area contributed by atoms with E-state index in [1.807, 2.05) is 50.2 Å². The Morgan fingerprint density at radius 2 is 1.84 bits per heavy atom. The molecule has 6 heteroatoms. The first-order chi connectivity index (χ1) is 15.5. The number of aryl methyl sites for hydroxylation is 1. The second kappa shape index (κ2) is 9.71. The molecule has 0 N–H and O–H groups in total. The standard InChI is InChI=1S/C26H22ClNO4/c1-3-30-24-14-18(10-11-23(24)31-16-19-7-4-6-17(2)12-19)13-22-26(29)32-25(28-22)20-8-5-9-21(27)15-20/h4-15H,3,16H2,1-2H3/b22-13-. The lowest BCUT2D eigenvalue weighted by atomic mass is 10.1. The largest absolute Gasteiger partial charge is 0.490 e. The average Bonchev–Trinajstić information content (AvgIpc) is 3.14. The summed E-state index contributed by atoms with van der Waals surface area (Å²) in [5.74, 6) is 0.942. The van der Waals surface area contributed by atoms with E-state index in [1.54, 1.807) is 30.3 Å². The molecule has 0 fully saturated rings. The summed E-state index contributed by atoms with van der Waals surface area (Å²) < 4.78 is 17.1. The Morgan fingerprint density at radius 3 is 2.62 bits per heavy atom. The van der Waals surface area contributed by atoms with Gasteiger partial charge in [-0.15, -0.1) is 0 Å². The number of esters is 1. The second-order valence-electron chi connectivity index (χ2n) is 7.26. The van der Waals surface area contributed by atoms with Gasteiger partial charge in [0, 0.05) is 10.6 Å². The van der Waals surface area contributed by atoms with E-state index in [0.29, 0.717) is 35.3 Å². The van der Waals surface area contributed by atoms with Crippen molar-refractivity contribution in [3.05, 3.63) is 99.7 Å². The molecule has 1 aliphatic rings. The highest BCUT2D eigenvalue weighted by molar-refractivity contribution is 6.31. The van der Waals surface area contributed by atoms with Crippen LogP contribution in [0.4, 0.5) is 0 Å². The van der Waals surface area contributed by atoms with Gasteiger partial charge in [0.15, 0.2) is 17.2 Å². The number of halogens is 1. The van der Waals surface area contributed by atoms with Gasteiger partial charge in [0.05, 0.1) is 6.61 Å². The number of hydrogen-bond donors (Lipinski definition) is 0. The lowest BCUT2D eigenvalue weighted by Gasteiger charge is -2.13. The zero-order chi connectivity index (χ0) is 22.5. The molecule has 0 aromatic heterocycles. The van der Waals surface area contributed by atoms with E-state index >= 15 is 0 Å². The summed E-state index contributed by atoms with van der Waals surface area (Å²) in [5, 5.41) is 0.543. The molecule has 0 unspecified atom stereocenters. The molecule has 1 aliphatic heterocycles. The van der Waals surface area contributed by atoms with Crippen molar-refractivity contribution in [3.8, 4) is 11.5 Å². The van der Waals surface area contributed by atoms with Crippen molar-refractivity contribution in [3.63, 3.8) is 0 Å². The van der Waals surface area contributed by atoms with Gasteiger partial charge in [-0.2, -0.15) is 0 Å². The monoisotopic (exact) mass is 447 g/mol. The molecule has 0 saturated heterocycles. The molecule has 0 saturated carbocycles. The van der Waals surface area contributed by atoms with Crippen molar-refractivity contribution >= 4 is 29.5 Å². The van der Waals surface area contributed by atoms with Crippen LogP contribution >= 0.6 is 11.6 Å². The van der Waals surface area contributed by atoms with Crippen molar-refractivity contribution in [2.24, 2.45) is 4.99 Å². The Bertz CT molecular complexity index is 1220. The first kappa shape index (κ1) is 21.7. The van der Waals surface area contributed by atoms with Gasteiger partial charge in [0.25, 0.3) is 0 Å². The molecule has 0 aliphatic carbocycles. The van der Waals surface area contributed by atoms with Crippen LogP contribution in [-0.4, -0.2) is 18.5 Å². The lowest BCUT2D eigenvalue weighted by molar-refractivity contribution is -0.129. The fourth-order valence-electron chi connectivity index (χ4n) is 3.28.